The SMILES string of the molecule is Cc1ccc2cccc(Oc3cncc(C=O)c3)c2n1. The van der Waals surface area contributed by atoms with Crippen LogP contribution in [0.1, 0.15) is 16.1 Å². The molecule has 0 spiro atoms. The Kier molecular flexibility index (Phi) is 3.13. The average Bonchev–Trinajstić information content (AvgIpc) is 2.48. The molecule has 0 bridgehead atoms. The van der Waals surface area contributed by atoms with Gasteiger partial charge in [0.25, 0.3) is 0 Å². The van der Waals surface area contributed by atoms with Crippen molar-refractivity contribution in [2.75, 3.05) is 0 Å². The van der Waals surface area contributed by atoms with Crippen LogP contribution in [0, 0.1) is 6.92 Å². The summed E-state index contributed by atoms with van der Waals surface area (Å²) in [5.41, 5.74) is 2.20. The van der Waals surface area contributed by atoms with Crippen LogP contribution in [0.4, 0.5) is 0 Å². The van der Waals surface area contributed by atoms with E-state index in [-0.39, 0.29) is 0 Å². The van der Waals surface area contributed by atoms with E-state index < -0.39 is 0 Å². The predicted molar refractivity (Wildman–Crippen MR) is 76.2 cm³/mol. The first-order valence-corrected chi connectivity index (χ1v) is 6.21. The highest BCUT2D eigenvalue weighted by atomic mass is 16.5. The Morgan fingerprint density at radius 2 is 2.05 bits per heavy atom. The molecule has 3 aromatic rings. The van der Waals surface area contributed by atoms with Crippen molar-refractivity contribution in [1.82, 2.24) is 9.97 Å². The molecule has 20 heavy (non-hydrogen) atoms. The normalized spacial score (nSPS) is 10.4. The number of benzene rings is 1. The maximum atomic E-state index is 10.8. The Balaban J connectivity index is 2.05. The number of rotatable bonds is 3. The number of hydrogen-bond donors (Lipinski definition) is 0. The number of aryl methyl sites for hydroxylation is 1. The Labute approximate surface area is 116 Å². The number of nitrogens with zero attached hydrogens (tertiary/aromatic N) is 2. The zero-order chi connectivity index (χ0) is 13.9. The molecule has 0 saturated carbocycles. The number of fused-ring (bicyclic) bond motifs is 1. The summed E-state index contributed by atoms with van der Waals surface area (Å²) in [7, 11) is 0. The van der Waals surface area contributed by atoms with E-state index >= 15 is 0 Å². The Morgan fingerprint density at radius 1 is 1.15 bits per heavy atom. The van der Waals surface area contributed by atoms with Crippen LogP contribution in [0.25, 0.3) is 10.9 Å². The quantitative estimate of drug-likeness (QED) is 0.679. The molecule has 0 unspecified atom stereocenters. The van der Waals surface area contributed by atoms with E-state index in [9.17, 15) is 4.79 Å². The summed E-state index contributed by atoms with van der Waals surface area (Å²) < 4.78 is 5.81. The molecule has 0 aliphatic rings. The predicted octanol–water partition coefficient (Wildman–Crippen LogP) is 3.54. The van der Waals surface area contributed by atoms with Crippen LogP contribution in [0.2, 0.25) is 0 Å². The third kappa shape index (κ3) is 2.36. The van der Waals surface area contributed by atoms with Crippen molar-refractivity contribution in [3.05, 3.63) is 60.0 Å². The molecule has 0 N–H and O–H groups in total. The zero-order valence-corrected chi connectivity index (χ0v) is 10.9. The Hall–Kier alpha value is -2.75. The van der Waals surface area contributed by atoms with Crippen LogP contribution in [0.15, 0.2) is 48.8 Å². The van der Waals surface area contributed by atoms with Crippen molar-refractivity contribution in [3.8, 4) is 11.5 Å². The topological polar surface area (TPSA) is 52.1 Å². The number of para-hydroxylation sites is 1. The minimum atomic E-state index is 0.479. The highest BCUT2D eigenvalue weighted by Crippen LogP contribution is 2.28. The van der Waals surface area contributed by atoms with Crippen molar-refractivity contribution in [3.63, 3.8) is 0 Å². The van der Waals surface area contributed by atoms with Crippen molar-refractivity contribution >= 4 is 17.2 Å². The lowest BCUT2D eigenvalue weighted by Crippen LogP contribution is -1.91. The third-order valence-corrected chi connectivity index (χ3v) is 2.92. The summed E-state index contributed by atoms with van der Waals surface area (Å²) in [5, 5.41) is 1.01. The van der Waals surface area contributed by atoms with Gasteiger partial charge in [-0.05, 0) is 25.1 Å². The number of ether oxygens (including phenoxy) is 1. The molecule has 0 fully saturated rings. The molecule has 2 aromatic heterocycles. The number of carbonyl (C=O) groups is 1. The van der Waals surface area contributed by atoms with Gasteiger partial charge in [0, 0.05) is 22.8 Å². The van der Waals surface area contributed by atoms with Crippen LogP contribution in [0.5, 0.6) is 11.5 Å². The lowest BCUT2D eigenvalue weighted by Gasteiger charge is -2.08. The van der Waals surface area contributed by atoms with Crippen LogP contribution >= 0.6 is 0 Å². The van der Waals surface area contributed by atoms with E-state index in [4.69, 9.17) is 4.74 Å². The molecule has 4 heteroatoms. The largest absolute Gasteiger partial charge is 0.453 e. The number of pyridine rings is 2. The van der Waals surface area contributed by atoms with Crippen molar-refractivity contribution < 1.29 is 9.53 Å². The molecule has 4 nitrogen and oxygen atoms in total. The minimum Gasteiger partial charge on any atom is -0.453 e. The molecular weight excluding hydrogens is 252 g/mol. The molecule has 98 valence electrons. The Morgan fingerprint density at radius 3 is 2.90 bits per heavy atom. The van der Waals surface area contributed by atoms with E-state index in [1.165, 1.54) is 6.20 Å². The van der Waals surface area contributed by atoms with Gasteiger partial charge in [0.05, 0.1) is 6.20 Å². The molecule has 0 radical (unpaired) electrons. The van der Waals surface area contributed by atoms with Gasteiger partial charge in [0.2, 0.25) is 0 Å². The van der Waals surface area contributed by atoms with Crippen molar-refractivity contribution in [2.24, 2.45) is 0 Å². The van der Waals surface area contributed by atoms with Gasteiger partial charge in [0.1, 0.15) is 11.3 Å². The van der Waals surface area contributed by atoms with Crippen LogP contribution < -0.4 is 4.74 Å². The van der Waals surface area contributed by atoms with Crippen LogP contribution in [-0.4, -0.2) is 16.3 Å². The first kappa shape index (κ1) is 12.3. The number of aromatic nitrogens is 2. The van der Waals surface area contributed by atoms with Crippen molar-refractivity contribution in [2.45, 2.75) is 6.92 Å². The van der Waals surface area contributed by atoms with Gasteiger partial charge in [-0.25, -0.2) is 4.98 Å². The molecule has 0 aliphatic carbocycles. The van der Waals surface area contributed by atoms with Crippen molar-refractivity contribution in [1.29, 1.82) is 0 Å². The average molecular weight is 264 g/mol. The highest BCUT2D eigenvalue weighted by molar-refractivity contribution is 5.85. The monoisotopic (exact) mass is 264 g/mol. The summed E-state index contributed by atoms with van der Waals surface area (Å²) >= 11 is 0. The standard InChI is InChI=1S/C16H12N2O2/c1-11-5-6-13-3-2-4-15(16(13)18-11)20-14-7-12(10-19)8-17-9-14/h2-10H,1H3. The molecule has 1 aromatic carbocycles. The first-order chi connectivity index (χ1) is 9.76. The smallest absolute Gasteiger partial charge is 0.153 e. The fourth-order valence-corrected chi connectivity index (χ4v) is 1.98. The van der Waals surface area contributed by atoms with E-state index in [1.807, 2.05) is 37.3 Å². The van der Waals surface area contributed by atoms with E-state index in [1.54, 1.807) is 12.3 Å². The summed E-state index contributed by atoms with van der Waals surface area (Å²) in [5.74, 6) is 1.17. The lowest BCUT2D eigenvalue weighted by atomic mass is 10.2. The first-order valence-electron chi connectivity index (χ1n) is 6.21. The van der Waals surface area contributed by atoms with Crippen LogP contribution in [0.3, 0.4) is 0 Å². The second kappa shape index (κ2) is 5.09. The van der Waals surface area contributed by atoms with Crippen LogP contribution in [-0.2, 0) is 0 Å². The van der Waals surface area contributed by atoms with Gasteiger partial charge in [-0.3, -0.25) is 9.78 Å². The molecule has 3 rings (SSSR count). The minimum absolute atomic E-state index is 0.479. The molecule has 2 heterocycles. The van der Waals surface area contributed by atoms with Gasteiger partial charge in [-0.1, -0.05) is 18.2 Å². The maximum Gasteiger partial charge on any atom is 0.153 e. The Bertz CT molecular complexity index is 784. The summed E-state index contributed by atoms with van der Waals surface area (Å²) in [6.45, 7) is 1.94. The highest BCUT2D eigenvalue weighted by Gasteiger charge is 2.06. The number of carbonyl (C=O) groups excluding carboxylic acids is 1. The lowest BCUT2D eigenvalue weighted by molar-refractivity contribution is 0.112. The van der Waals surface area contributed by atoms with E-state index in [0.717, 1.165) is 22.9 Å². The van der Waals surface area contributed by atoms with Gasteiger partial charge >= 0.3 is 0 Å². The second-order valence-corrected chi connectivity index (χ2v) is 4.45. The maximum absolute atomic E-state index is 10.8. The molecule has 0 amide bonds. The summed E-state index contributed by atoms with van der Waals surface area (Å²) in [6.07, 6.45) is 3.80. The van der Waals surface area contributed by atoms with E-state index in [2.05, 4.69) is 9.97 Å². The van der Waals surface area contributed by atoms with E-state index in [0.29, 0.717) is 17.1 Å². The van der Waals surface area contributed by atoms with Gasteiger partial charge in [0.15, 0.2) is 12.0 Å². The fourth-order valence-electron chi connectivity index (χ4n) is 1.98. The second-order valence-electron chi connectivity index (χ2n) is 4.45. The van der Waals surface area contributed by atoms with Gasteiger partial charge in [-0.2, -0.15) is 0 Å². The molecule has 0 atom stereocenters. The molecular formula is C16H12N2O2. The van der Waals surface area contributed by atoms with Gasteiger partial charge < -0.3 is 4.74 Å². The number of aldehydes is 1. The summed E-state index contributed by atoms with van der Waals surface area (Å²) in [6, 6.07) is 11.3. The van der Waals surface area contributed by atoms with Gasteiger partial charge in [-0.15, -0.1) is 0 Å². The fraction of sp³-hybridized carbons (Fsp3) is 0.0625. The summed E-state index contributed by atoms with van der Waals surface area (Å²) in [4.78, 5) is 19.2. The zero-order valence-electron chi connectivity index (χ0n) is 10.9. The third-order valence-electron chi connectivity index (χ3n) is 2.92. The number of hydrogen-bond acceptors (Lipinski definition) is 4. The molecule has 0 saturated heterocycles. The molecule has 0 aliphatic heterocycles.